The Bertz CT molecular complexity index is 424. The second-order valence-electron chi connectivity index (χ2n) is 2.63. The molecule has 78 valence electrons. The molecule has 0 aliphatic heterocycles. The molecule has 5 nitrogen and oxygen atoms in total. The summed E-state index contributed by atoms with van der Waals surface area (Å²) in [5.74, 6) is -1.10. The first kappa shape index (κ1) is 11.4. The average Bonchev–Trinajstić information content (AvgIpc) is 2.19. The largest absolute Gasteiger partial charge is 0.478 e. The van der Waals surface area contributed by atoms with Crippen molar-refractivity contribution in [2.45, 2.75) is 0 Å². The zero-order valence-corrected chi connectivity index (χ0v) is 8.97. The number of hydrogen-bond donors (Lipinski definition) is 1. The normalized spacial score (nSPS) is 11.1. The molecule has 0 saturated heterocycles. The van der Waals surface area contributed by atoms with Gasteiger partial charge in [-0.3, -0.25) is 10.1 Å². The van der Waals surface area contributed by atoms with Crippen LogP contribution in [0, 0.1) is 10.1 Å². The molecule has 0 atom stereocenters. The van der Waals surface area contributed by atoms with E-state index in [-0.39, 0.29) is 11.3 Å². The minimum Gasteiger partial charge on any atom is -0.478 e. The second kappa shape index (κ2) is 4.70. The fraction of sp³-hybridized carbons (Fsp3) is 0. The molecule has 0 saturated carbocycles. The lowest BCUT2D eigenvalue weighted by Crippen LogP contribution is -1.98. The van der Waals surface area contributed by atoms with Gasteiger partial charge in [-0.25, -0.2) is 4.79 Å². The van der Waals surface area contributed by atoms with Gasteiger partial charge < -0.3 is 5.11 Å². The molecule has 6 heteroatoms. The first-order valence-corrected chi connectivity index (χ1v) is 4.76. The summed E-state index contributed by atoms with van der Waals surface area (Å²) in [5, 5.41) is 19.1. The minimum atomic E-state index is -1.10. The number of nitrogens with zero attached hydrogens (tertiary/aromatic N) is 1. The number of nitro groups is 1. The highest BCUT2D eigenvalue weighted by molar-refractivity contribution is 9.11. The highest BCUT2D eigenvalue weighted by Gasteiger charge is 2.11. The van der Waals surface area contributed by atoms with Crippen LogP contribution in [0.15, 0.2) is 29.3 Å². The van der Waals surface area contributed by atoms with Crippen LogP contribution < -0.4 is 0 Å². The van der Waals surface area contributed by atoms with Crippen LogP contribution in [-0.4, -0.2) is 16.0 Å². The van der Waals surface area contributed by atoms with Gasteiger partial charge in [0.25, 0.3) is 5.69 Å². The summed E-state index contributed by atoms with van der Waals surface area (Å²) >= 11 is 2.92. The number of carboxylic acid groups (broad SMARTS) is 1. The molecular weight excluding hydrogens is 266 g/mol. The maximum Gasteiger partial charge on any atom is 0.336 e. The SMILES string of the molecule is O=C(O)C(=CBr)c1ccc([N+](=O)[O-])cc1. The molecule has 0 aromatic heterocycles. The molecule has 0 radical (unpaired) electrons. The molecule has 1 N–H and O–H groups in total. The minimum absolute atomic E-state index is 0.0462. The molecule has 0 amide bonds. The van der Waals surface area contributed by atoms with Crippen LogP contribution in [0.2, 0.25) is 0 Å². The van der Waals surface area contributed by atoms with Crippen LogP contribution >= 0.6 is 15.9 Å². The predicted octanol–water partition coefficient (Wildman–Crippen LogP) is 2.42. The number of hydrogen-bond acceptors (Lipinski definition) is 3. The number of carboxylic acids is 1. The van der Waals surface area contributed by atoms with Crippen LogP contribution in [0.1, 0.15) is 5.56 Å². The van der Waals surface area contributed by atoms with Crippen molar-refractivity contribution in [3.63, 3.8) is 0 Å². The quantitative estimate of drug-likeness (QED) is 0.520. The van der Waals surface area contributed by atoms with Crippen LogP contribution in [0.25, 0.3) is 5.57 Å². The van der Waals surface area contributed by atoms with Gasteiger partial charge in [0.1, 0.15) is 0 Å². The van der Waals surface area contributed by atoms with Gasteiger partial charge in [0.15, 0.2) is 0 Å². The number of carbonyl (C=O) groups is 1. The van der Waals surface area contributed by atoms with Crippen molar-refractivity contribution in [2.24, 2.45) is 0 Å². The maximum atomic E-state index is 10.7. The summed E-state index contributed by atoms with van der Waals surface area (Å²) in [6.07, 6.45) is 0. The lowest BCUT2D eigenvalue weighted by atomic mass is 10.1. The van der Waals surface area contributed by atoms with E-state index in [9.17, 15) is 14.9 Å². The number of benzene rings is 1. The third-order valence-corrected chi connectivity index (χ3v) is 2.19. The van der Waals surface area contributed by atoms with Gasteiger partial charge in [-0.1, -0.05) is 15.9 Å². The van der Waals surface area contributed by atoms with Crippen LogP contribution in [0.5, 0.6) is 0 Å². The average molecular weight is 272 g/mol. The Balaban J connectivity index is 3.08. The fourth-order valence-electron chi connectivity index (χ4n) is 0.996. The lowest BCUT2D eigenvalue weighted by Gasteiger charge is -2.00. The van der Waals surface area contributed by atoms with Crippen molar-refractivity contribution in [2.75, 3.05) is 0 Å². The van der Waals surface area contributed by atoms with E-state index in [4.69, 9.17) is 5.11 Å². The number of aliphatic carboxylic acids is 1. The highest BCUT2D eigenvalue weighted by Crippen LogP contribution is 2.19. The van der Waals surface area contributed by atoms with Crippen molar-refractivity contribution in [1.29, 1.82) is 0 Å². The fourth-order valence-corrected chi connectivity index (χ4v) is 1.46. The standard InChI is InChI=1S/C9H6BrNO4/c10-5-8(9(12)13)6-1-3-7(4-2-6)11(14)15/h1-5H,(H,12,13). The van der Waals surface area contributed by atoms with Crippen LogP contribution in [0.3, 0.4) is 0 Å². The van der Waals surface area contributed by atoms with Gasteiger partial charge in [0.05, 0.1) is 10.5 Å². The molecule has 0 aliphatic carbocycles. The van der Waals surface area contributed by atoms with Crippen molar-refractivity contribution in [1.82, 2.24) is 0 Å². The molecule has 0 heterocycles. The summed E-state index contributed by atoms with van der Waals surface area (Å²) in [6.45, 7) is 0. The number of non-ortho nitro benzene ring substituents is 1. The molecule has 0 unspecified atom stereocenters. The van der Waals surface area contributed by atoms with Crippen molar-refractivity contribution < 1.29 is 14.8 Å². The van der Waals surface area contributed by atoms with Crippen molar-refractivity contribution in [3.05, 3.63) is 44.9 Å². The smallest absolute Gasteiger partial charge is 0.336 e. The summed E-state index contributed by atoms with van der Waals surface area (Å²) < 4.78 is 0. The molecule has 0 bridgehead atoms. The third-order valence-electron chi connectivity index (χ3n) is 1.73. The van der Waals surface area contributed by atoms with E-state index in [2.05, 4.69) is 15.9 Å². The third kappa shape index (κ3) is 2.63. The Kier molecular flexibility index (Phi) is 3.56. The van der Waals surface area contributed by atoms with Gasteiger partial charge in [-0.2, -0.15) is 0 Å². The van der Waals surface area contributed by atoms with Gasteiger partial charge in [0.2, 0.25) is 0 Å². The molecule has 15 heavy (non-hydrogen) atoms. The maximum absolute atomic E-state index is 10.7. The first-order chi connectivity index (χ1) is 7.06. The summed E-state index contributed by atoms with van der Waals surface area (Å²) in [4.78, 5) is 21.8. The zero-order chi connectivity index (χ0) is 11.4. The number of halogens is 1. The zero-order valence-electron chi connectivity index (χ0n) is 7.38. The number of nitro benzene ring substituents is 1. The van der Waals surface area contributed by atoms with E-state index in [0.717, 1.165) is 0 Å². The summed E-state index contributed by atoms with van der Waals surface area (Å²) in [5.41, 5.74) is 0.382. The summed E-state index contributed by atoms with van der Waals surface area (Å²) in [6, 6.07) is 5.29. The van der Waals surface area contributed by atoms with Gasteiger partial charge in [0, 0.05) is 12.1 Å². The topological polar surface area (TPSA) is 80.4 Å². The van der Waals surface area contributed by atoms with E-state index in [1.165, 1.54) is 29.3 Å². The Morgan fingerprint density at radius 2 is 1.93 bits per heavy atom. The highest BCUT2D eigenvalue weighted by atomic mass is 79.9. The van der Waals surface area contributed by atoms with E-state index < -0.39 is 10.9 Å². The Labute approximate surface area is 93.3 Å². The van der Waals surface area contributed by atoms with Gasteiger partial charge in [-0.15, -0.1) is 0 Å². The van der Waals surface area contributed by atoms with Crippen LogP contribution in [0.4, 0.5) is 5.69 Å². The van der Waals surface area contributed by atoms with Crippen molar-refractivity contribution >= 4 is 33.2 Å². The monoisotopic (exact) mass is 271 g/mol. The molecule has 0 spiro atoms. The van der Waals surface area contributed by atoms with Crippen molar-refractivity contribution in [3.8, 4) is 0 Å². The van der Waals surface area contributed by atoms with Gasteiger partial charge >= 0.3 is 5.97 Å². The Hall–Kier alpha value is -1.69. The molecule has 0 aliphatic rings. The Morgan fingerprint density at radius 3 is 2.27 bits per heavy atom. The van der Waals surface area contributed by atoms with E-state index >= 15 is 0 Å². The first-order valence-electron chi connectivity index (χ1n) is 3.84. The lowest BCUT2D eigenvalue weighted by molar-refractivity contribution is -0.384. The second-order valence-corrected chi connectivity index (χ2v) is 3.09. The van der Waals surface area contributed by atoms with Crippen LogP contribution in [-0.2, 0) is 4.79 Å². The predicted molar refractivity (Wildman–Crippen MR) is 57.6 cm³/mol. The van der Waals surface area contributed by atoms with E-state index in [1.54, 1.807) is 0 Å². The number of rotatable bonds is 3. The molecule has 1 aromatic carbocycles. The molecule has 0 fully saturated rings. The van der Waals surface area contributed by atoms with E-state index in [0.29, 0.717) is 5.56 Å². The molecule has 1 rings (SSSR count). The molecular formula is C9H6BrNO4. The molecule has 1 aromatic rings. The summed E-state index contributed by atoms with van der Waals surface area (Å²) in [7, 11) is 0. The van der Waals surface area contributed by atoms with Gasteiger partial charge in [-0.05, 0) is 22.7 Å². The Morgan fingerprint density at radius 1 is 1.40 bits per heavy atom. The van der Waals surface area contributed by atoms with E-state index in [1.807, 2.05) is 0 Å².